The third-order valence-electron chi connectivity index (χ3n) is 1.73. The van der Waals surface area contributed by atoms with Crippen molar-refractivity contribution in [3.05, 3.63) is 34.3 Å². The van der Waals surface area contributed by atoms with Crippen molar-refractivity contribution in [2.75, 3.05) is 0 Å². The van der Waals surface area contributed by atoms with Crippen LogP contribution in [-0.2, 0) is 11.9 Å². The van der Waals surface area contributed by atoms with E-state index in [1.165, 1.54) is 12.1 Å². The van der Waals surface area contributed by atoms with Crippen LogP contribution in [0.2, 0.25) is 5.02 Å². The molecule has 0 fully saturated rings. The summed E-state index contributed by atoms with van der Waals surface area (Å²) in [7, 11) is 0. The van der Waals surface area contributed by atoms with Gasteiger partial charge in [0, 0.05) is 5.75 Å². The van der Waals surface area contributed by atoms with Gasteiger partial charge in [-0.3, -0.25) is 5.41 Å². The van der Waals surface area contributed by atoms with Gasteiger partial charge in [0.05, 0.1) is 10.6 Å². The standard InChI is InChI=1S/C9H8ClF3N2S.ClH/c10-7-2-1-5(4-16-8(14)15)3-6(7)9(11,12)13;/h1-3H,4H2,(H3,14,15);1H. The molecular weight excluding hydrogens is 296 g/mol. The molecule has 0 spiro atoms. The van der Waals surface area contributed by atoms with E-state index in [4.69, 9.17) is 22.7 Å². The number of nitrogens with one attached hydrogen (secondary N) is 1. The van der Waals surface area contributed by atoms with Gasteiger partial charge in [-0.25, -0.2) is 0 Å². The average molecular weight is 305 g/mol. The maximum Gasteiger partial charge on any atom is 0.417 e. The molecule has 1 aromatic rings. The number of hydrogen-bond acceptors (Lipinski definition) is 2. The normalized spacial score (nSPS) is 10.8. The highest BCUT2D eigenvalue weighted by molar-refractivity contribution is 8.13. The third kappa shape index (κ3) is 5.06. The first-order chi connectivity index (χ1) is 7.30. The topological polar surface area (TPSA) is 49.9 Å². The van der Waals surface area contributed by atoms with Crippen LogP contribution in [0, 0.1) is 5.41 Å². The van der Waals surface area contributed by atoms with E-state index in [2.05, 4.69) is 0 Å². The molecule has 1 rings (SSSR count). The number of nitrogens with two attached hydrogens (primary N) is 1. The quantitative estimate of drug-likeness (QED) is 0.643. The second-order valence-electron chi connectivity index (χ2n) is 2.96. The largest absolute Gasteiger partial charge is 0.417 e. The molecule has 0 aliphatic rings. The fourth-order valence-corrected chi connectivity index (χ4v) is 1.77. The molecule has 0 bridgehead atoms. The molecule has 96 valence electrons. The Morgan fingerprint density at radius 2 is 2.00 bits per heavy atom. The smallest absolute Gasteiger partial charge is 0.379 e. The monoisotopic (exact) mass is 304 g/mol. The molecular formula is C9H9Cl2F3N2S. The first-order valence-corrected chi connectivity index (χ1v) is 5.49. The summed E-state index contributed by atoms with van der Waals surface area (Å²) < 4.78 is 37.4. The van der Waals surface area contributed by atoms with Crippen molar-refractivity contribution in [2.24, 2.45) is 5.73 Å². The fourth-order valence-electron chi connectivity index (χ4n) is 1.04. The molecule has 8 heteroatoms. The maximum atomic E-state index is 12.5. The lowest BCUT2D eigenvalue weighted by atomic mass is 10.1. The van der Waals surface area contributed by atoms with Gasteiger partial charge in [-0.1, -0.05) is 29.4 Å². The minimum atomic E-state index is -4.46. The first kappa shape index (κ1) is 16.4. The summed E-state index contributed by atoms with van der Waals surface area (Å²) in [6, 6.07) is 3.65. The van der Waals surface area contributed by atoms with Crippen LogP contribution in [0.5, 0.6) is 0 Å². The van der Waals surface area contributed by atoms with Crippen molar-refractivity contribution < 1.29 is 13.2 Å². The number of hydrogen-bond donors (Lipinski definition) is 2. The Balaban J connectivity index is 0.00000256. The van der Waals surface area contributed by atoms with Gasteiger partial charge in [-0.05, 0) is 17.7 Å². The SMILES string of the molecule is Cl.N=C(N)SCc1ccc(Cl)c(C(F)(F)F)c1. The van der Waals surface area contributed by atoms with Gasteiger partial charge in [0.25, 0.3) is 0 Å². The molecule has 0 aromatic heterocycles. The van der Waals surface area contributed by atoms with Crippen LogP contribution < -0.4 is 5.73 Å². The van der Waals surface area contributed by atoms with Crippen LogP contribution in [-0.4, -0.2) is 5.17 Å². The van der Waals surface area contributed by atoms with E-state index < -0.39 is 11.7 Å². The Kier molecular flexibility index (Phi) is 6.15. The van der Waals surface area contributed by atoms with Crippen molar-refractivity contribution in [3.63, 3.8) is 0 Å². The van der Waals surface area contributed by atoms with Crippen molar-refractivity contribution in [2.45, 2.75) is 11.9 Å². The molecule has 0 saturated heterocycles. The van der Waals surface area contributed by atoms with Crippen LogP contribution in [0.1, 0.15) is 11.1 Å². The van der Waals surface area contributed by atoms with E-state index in [0.29, 0.717) is 5.56 Å². The summed E-state index contributed by atoms with van der Waals surface area (Å²) >= 11 is 6.41. The van der Waals surface area contributed by atoms with Crippen molar-refractivity contribution in [3.8, 4) is 0 Å². The number of alkyl halides is 3. The minimum absolute atomic E-state index is 0. The van der Waals surface area contributed by atoms with Crippen LogP contribution in [0.3, 0.4) is 0 Å². The summed E-state index contributed by atoms with van der Waals surface area (Å²) in [5, 5.41) is 6.49. The number of rotatable bonds is 2. The van der Waals surface area contributed by atoms with Crippen LogP contribution in [0.15, 0.2) is 18.2 Å². The van der Waals surface area contributed by atoms with Crippen LogP contribution in [0.25, 0.3) is 0 Å². The highest BCUT2D eigenvalue weighted by Crippen LogP contribution is 2.35. The Hall–Kier alpha value is -0.590. The Labute approximate surface area is 112 Å². The molecule has 17 heavy (non-hydrogen) atoms. The molecule has 0 heterocycles. The summed E-state index contributed by atoms with van der Waals surface area (Å²) in [5.41, 5.74) is 4.65. The van der Waals surface area contributed by atoms with Crippen molar-refractivity contribution in [1.82, 2.24) is 0 Å². The number of benzene rings is 1. The van der Waals surface area contributed by atoms with E-state index in [1.54, 1.807) is 0 Å². The second-order valence-corrected chi connectivity index (χ2v) is 4.39. The van der Waals surface area contributed by atoms with E-state index in [1.807, 2.05) is 0 Å². The average Bonchev–Trinajstić information content (AvgIpc) is 2.14. The summed E-state index contributed by atoms with van der Waals surface area (Å²) in [4.78, 5) is 0. The van der Waals surface area contributed by atoms with Gasteiger partial charge >= 0.3 is 6.18 Å². The molecule has 0 unspecified atom stereocenters. The van der Waals surface area contributed by atoms with Gasteiger partial charge in [0.1, 0.15) is 0 Å². The molecule has 0 saturated carbocycles. The molecule has 0 atom stereocenters. The highest BCUT2D eigenvalue weighted by atomic mass is 35.5. The van der Waals surface area contributed by atoms with E-state index in [9.17, 15) is 13.2 Å². The lowest BCUT2D eigenvalue weighted by Gasteiger charge is -2.10. The third-order valence-corrected chi connectivity index (χ3v) is 2.85. The summed E-state index contributed by atoms with van der Waals surface area (Å²) in [6.07, 6.45) is -4.46. The van der Waals surface area contributed by atoms with E-state index >= 15 is 0 Å². The number of halogens is 5. The molecule has 0 aliphatic heterocycles. The van der Waals surface area contributed by atoms with Crippen LogP contribution in [0.4, 0.5) is 13.2 Å². The molecule has 0 radical (unpaired) electrons. The van der Waals surface area contributed by atoms with E-state index in [-0.39, 0.29) is 28.4 Å². The molecule has 1 aromatic carbocycles. The van der Waals surface area contributed by atoms with E-state index in [0.717, 1.165) is 17.8 Å². The minimum Gasteiger partial charge on any atom is -0.379 e. The predicted molar refractivity (Wildman–Crippen MR) is 66.9 cm³/mol. The van der Waals surface area contributed by atoms with Gasteiger partial charge in [-0.15, -0.1) is 12.4 Å². The number of thioether (sulfide) groups is 1. The van der Waals surface area contributed by atoms with Crippen molar-refractivity contribution >= 4 is 40.9 Å². The summed E-state index contributed by atoms with van der Waals surface area (Å²) in [6.45, 7) is 0. The zero-order chi connectivity index (χ0) is 12.3. The molecule has 2 nitrogen and oxygen atoms in total. The molecule has 0 amide bonds. The lowest BCUT2D eigenvalue weighted by Crippen LogP contribution is -2.07. The number of amidine groups is 1. The fraction of sp³-hybridized carbons (Fsp3) is 0.222. The zero-order valence-electron chi connectivity index (χ0n) is 8.34. The Bertz CT molecular complexity index is 410. The van der Waals surface area contributed by atoms with Crippen molar-refractivity contribution in [1.29, 1.82) is 5.41 Å². The second kappa shape index (κ2) is 6.37. The Morgan fingerprint density at radius 3 is 2.47 bits per heavy atom. The molecule has 3 N–H and O–H groups in total. The maximum absolute atomic E-state index is 12.5. The molecule has 0 aliphatic carbocycles. The van der Waals surface area contributed by atoms with Gasteiger partial charge in [0.2, 0.25) is 0 Å². The zero-order valence-corrected chi connectivity index (χ0v) is 10.7. The highest BCUT2D eigenvalue weighted by Gasteiger charge is 2.33. The summed E-state index contributed by atoms with van der Waals surface area (Å²) in [5.74, 6) is 0.218. The van der Waals surface area contributed by atoms with Gasteiger partial charge in [0.15, 0.2) is 5.17 Å². The first-order valence-electron chi connectivity index (χ1n) is 4.13. The predicted octanol–water partition coefficient (Wildman–Crippen LogP) is 3.91. The van der Waals surface area contributed by atoms with Crippen LogP contribution >= 0.6 is 35.8 Å². The van der Waals surface area contributed by atoms with Gasteiger partial charge in [-0.2, -0.15) is 13.2 Å². The Morgan fingerprint density at radius 1 is 1.41 bits per heavy atom. The lowest BCUT2D eigenvalue weighted by molar-refractivity contribution is -0.137. The van der Waals surface area contributed by atoms with Gasteiger partial charge < -0.3 is 5.73 Å².